The smallest absolute Gasteiger partial charge is 0.317 e. The molecule has 0 unspecified atom stereocenters. The highest BCUT2D eigenvalue weighted by atomic mass is 32.2. The molecule has 0 aromatic heterocycles. The number of nitrogens with one attached hydrogen (secondary N) is 1. The Morgan fingerprint density at radius 2 is 1.76 bits per heavy atom. The van der Waals surface area contributed by atoms with Gasteiger partial charge in [0.2, 0.25) is 0 Å². The molecule has 7 heteroatoms. The Bertz CT molecular complexity index is 590. The van der Waals surface area contributed by atoms with Gasteiger partial charge in [0.25, 0.3) is 0 Å². The summed E-state index contributed by atoms with van der Waals surface area (Å²) in [5.74, 6) is 0. The lowest BCUT2D eigenvalue weighted by Crippen LogP contribution is -2.35. The second-order valence-corrected chi connectivity index (χ2v) is 7.56. The quantitative estimate of drug-likeness (QED) is 0.931. The summed E-state index contributed by atoms with van der Waals surface area (Å²) in [6.45, 7) is 0. The highest BCUT2D eigenvalue weighted by molar-refractivity contribution is 7.92. The fourth-order valence-electron chi connectivity index (χ4n) is 2.70. The van der Waals surface area contributed by atoms with Crippen LogP contribution in [0.4, 0.5) is 13.2 Å². The molecular formula is C14H18F3NO2S. The van der Waals surface area contributed by atoms with Gasteiger partial charge in [-0.2, -0.15) is 13.2 Å². The van der Waals surface area contributed by atoms with Crippen molar-refractivity contribution in [1.29, 1.82) is 0 Å². The fraction of sp³-hybridized carbons (Fsp3) is 0.571. The van der Waals surface area contributed by atoms with Gasteiger partial charge in [0.15, 0.2) is 9.84 Å². The van der Waals surface area contributed by atoms with E-state index in [4.69, 9.17) is 0 Å². The zero-order chi connectivity index (χ0) is 15.7. The Labute approximate surface area is 122 Å². The second kappa shape index (κ2) is 5.96. The number of hydrogen-bond acceptors (Lipinski definition) is 3. The molecule has 0 amide bonds. The van der Waals surface area contributed by atoms with Gasteiger partial charge in [0.1, 0.15) is 0 Å². The van der Waals surface area contributed by atoms with Gasteiger partial charge >= 0.3 is 6.18 Å². The molecule has 0 aliphatic heterocycles. The van der Waals surface area contributed by atoms with E-state index in [2.05, 4.69) is 5.32 Å². The first kappa shape index (κ1) is 16.3. The highest BCUT2D eigenvalue weighted by Gasteiger charge is 2.35. The van der Waals surface area contributed by atoms with E-state index < -0.39 is 26.8 Å². The lowest BCUT2D eigenvalue weighted by atomic mass is 9.95. The highest BCUT2D eigenvalue weighted by Crippen LogP contribution is 2.33. The summed E-state index contributed by atoms with van der Waals surface area (Å²) in [5, 5.41) is 2.51. The minimum Gasteiger partial charge on any atom is -0.317 e. The molecule has 1 aliphatic rings. The maximum Gasteiger partial charge on any atom is 0.416 e. The average Bonchev–Trinajstić information content (AvgIpc) is 2.46. The SMILES string of the molecule is CNC1CCC(S(=O)(=O)c2cccc(C(F)(F)F)c2)CC1. The average molecular weight is 321 g/mol. The Balaban J connectivity index is 2.24. The van der Waals surface area contributed by atoms with Crippen LogP contribution in [0.1, 0.15) is 31.2 Å². The Morgan fingerprint density at radius 1 is 1.14 bits per heavy atom. The number of rotatable bonds is 3. The van der Waals surface area contributed by atoms with Crippen molar-refractivity contribution in [3.05, 3.63) is 29.8 Å². The number of hydrogen-bond donors (Lipinski definition) is 1. The number of alkyl halides is 3. The van der Waals surface area contributed by atoms with E-state index in [-0.39, 0.29) is 10.9 Å². The maximum atomic E-state index is 12.7. The molecule has 1 saturated carbocycles. The Kier molecular flexibility index (Phi) is 4.63. The van der Waals surface area contributed by atoms with Gasteiger partial charge in [0.05, 0.1) is 15.7 Å². The first-order chi connectivity index (χ1) is 9.75. The number of benzene rings is 1. The van der Waals surface area contributed by atoms with E-state index in [1.54, 1.807) is 0 Å². The molecule has 0 heterocycles. The lowest BCUT2D eigenvalue weighted by Gasteiger charge is -2.28. The van der Waals surface area contributed by atoms with Crippen LogP contribution in [0.25, 0.3) is 0 Å². The van der Waals surface area contributed by atoms with Crippen LogP contribution in [0.15, 0.2) is 29.2 Å². The van der Waals surface area contributed by atoms with Gasteiger partial charge in [-0.1, -0.05) is 6.07 Å². The van der Waals surface area contributed by atoms with Gasteiger partial charge in [-0.25, -0.2) is 8.42 Å². The van der Waals surface area contributed by atoms with E-state index in [1.807, 2.05) is 7.05 Å². The number of sulfone groups is 1. The molecular weight excluding hydrogens is 303 g/mol. The van der Waals surface area contributed by atoms with Crippen LogP contribution in [0.5, 0.6) is 0 Å². The van der Waals surface area contributed by atoms with Crippen molar-refractivity contribution in [3.63, 3.8) is 0 Å². The van der Waals surface area contributed by atoms with Crippen molar-refractivity contribution in [2.45, 2.75) is 48.0 Å². The third-order valence-electron chi connectivity index (χ3n) is 4.01. The van der Waals surface area contributed by atoms with Crippen LogP contribution in [-0.4, -0.2) is 26.8 Å². The van der Waals surface area contributed by atoms with Crippen LogP contribution < -0.4 is 5.32 Å². The van der Waals surface area contributed by atoms with E-state index in [9.17, 15) is 21.6 Å². The number of halogens is 3. The molecule has 1 aromatic carbocycles. The minimum absolute atomic E-state index is 0.231. The van der Waals surface area contributed by atoms with Crippen molar-refractivity contribution in [1.82, 2.24) is 5.32 Å². The molecule has 118 valence electrons. The molecule has 1 fully saturated rings. The van der Waals surface area contributed by atoms with Crippen LogP contribution in [0, 0.1) is 0 Å². The molecule has 0 atom stereocenters. The van der Waals surface area contributed by atoms with Gasteiger partial charge in [-0.15, -0.1) is 0 Å². The van der Waals surface area contributed by atoms with E-state index in [1.165, 1.54) is 6.07 Å². The van der Waals surface area contributed by atoms with E-state index in [0.29, 0.717) is 12.8 Å². The molecule has 0 spiro atoms. The summed E-state index contributed by atoms with van der Waals surface area (Å²) in [5.41, 5.74) is -0.924. The van der Waals surface area contributed by atoms with E-state index in [0.717, 1.165) is 31.0 Å². The van der Waals surface area contributed by atoms with Crippen LogP contribution in [-0.2, 0) is 16.0 Å². The summed E-state index contributed by atoms with van der Waals surface area (Å²) in [4.78, 5) is -0.231. The summed E-state index contributed by atoms with van der Waals surface area (Å²) >= 11 is 0. The predicted octanol–water partition coefficient (Wildman–Crippen LogP) is 3.01. The monoisotopic (exact) mass is 321 g/mol. The molecule has 0 radical (unpaired) electrons. The topological polar surface area (TPSA) is 46.2 Å². The zero-order valence-corrected chi connectivity index (χ0v) is 12.5. The van der Waals surface area contributed by atoms with Crippen LogP contribution in [0.3, 0.4) is 0 Å². The summed E-state index contributed by atoms with van der Waals surface area (Å²) < 4.78 is 63.0. The third-order valence-corrected chi connectivity index (χ3v) is 6.27. The normalized spacial score (nSPS) is 24.0. The molecule has 2 rings (SSSR count). The van der Waals surface area contributed by atoms with Crippen molar-refractivity contribution >= 4 is 9.84 Å². The third kappa shape index (κ3) is 3.58. The Morgan fingerprint density at radius 3 is 2.29 bits per heavy atom. The zero-order valence-electron chi connectivity index (χ0n) is 11.7. The molecule has 0 bridgehead atoms. The molecule has 0 saturated heterocycles. The maximum absolute atomic E-state index is 12.7. The second-order valence-electron chi connectivity index (χ2n) is 5.33. The first-order valence-electron chi connectivity index (χ1n) is 6.83. The minimum atomic E-state index is -4.53. The fourth-order valence-corrected chi connectivity index (χ4v) is 4.54. The summed E-state index contributed by atoms with van der Waals surface area (Å²) in [6, 6.07) is 4.30. The molecule has 1 aliphatic carbocycles. The van der Waals surface area contributed by atoms with Crippen LogP contribution >= 0.6 is 0 Å². The van der Waals surface area contributed by atoms with Crippen molar-refractivity contribution in [3.8, 4) is 0 Å². The van der Waals surface area contributed by atoms with E-state index >= 15 is 0 Å². The Hall–Kier alpha value is -1.08. The standard InChI is InChI=1S/C14H18F3NO2S/c1-18-11-5-7-12(8-6-11)21(19,20)13-4-2-3-10(9-13)14(15,16)17/h2-4,9,11-12,18H,5-8H2,1H3. The van der Waals surface area contributed by atoms with Crippen molar-refractivity contribution < 1.29 is 21.6 Å². The van der Waals surface area contributed by atoms with Crippen molar-refractivity contribution in [2.24, 2.45) is 0 Å². The summed E-state index contributed by atoms with van der Waals surface area (Å²) in [6.07, 6.45) is -2.14. The lowest BCUT2D eigenvalue weighted by molar-refractivity contribution is -0.137. The molecule has 21 heavy (non-hydrogen) atoms. The summed E-state index contributed by atoms with van der Waals surface area (Å²) in [7, 11) is -1.88. The predicted molar refractivity (Wildman–Crippen MR) is 73.7 cm³/mol. The molecule has 1 aromatic rings. The van der Waals surface area contributed by atoms with Gasteiger partial charge in [0, 0.05) is 6.04 Å². The van der Waals surface area contributed by atoms with Gasteiger partial charge in [-0.3, -0.25) is 0 Å². The molecule has 3 nitrogen and oxygen atoms in total. The molecule has 1 N–H and O–H groups in total. The first-order valence-corrected chi connectivity index (χ1v) is 8.38. The van der Waals surface area contributed by atoms with Gasteiger partial charge < -0.3 is 5.32 Å². The van der Waals surface area contributed by atoms with Crippen LogP contribution in [0.2, 0.25) is 0 Å². The largest absolute Gasteiger partial charge is 0.416 e. The van der Waals surface area contributed by atoms with Crippen molar-refractivity contribution in [2.75, 3.05) is 7.05 Å². The van der Waals surface area contributed by atoms with Gasteiger partial charge in [-0.05, 0) is 50.9 Å².